The van der Waals surface area contributed by atoms with Crippen LogP contribution in [0.15, 0.2) is 40.0 Å². The minimum absolute atomic E-state index is 0.0940. The van der Waals surface area contributed by atoms with Crippen LogP contribution in [0.1, 0.15) is 17.9 Å². The normalized spacial score (nSPS) is 25.1. The molecule has 0 amide bonds. The second-order valence-corrected chi connectivity index (χ2v) is 10.7. The predicted octanol–water partition coefficient (Wildman–Crippen LogP) is 2.04. The molecule has 2 atom stereocenters. The molecule has 2 saturated heterocycles. The lowest BCUT2D eigenvalue weighted by Gasteiger charge is -2.32. The Labute approximate surface area is 169 Å². The molecule has 0 bridgehead atoms. The third-order valence-electron chi connectivity index (χ3n) is 5.10. The lowest BCUT2D eigenvalue weighted by molar-refractivity contribution is -0.0188. The number of thioether (sulfide) groups is 1. The maximum absolute atomic E-state index is 11.6. The minimum Gasteiger partial charge on any atom is -0.416 e. The van der Waals surface area contributed by atoms with Gasteiger partial charge in [0.25, 0.3) is 5.22 Å². The van der Waals surface area contributed by atoms with E-state index in [-0.39, 0.29) is 23.5 Å². The fourth-order valence-electron chi connectivity index (χ4n) is 3.69. The molecule has 0 radical (unpaired) electrons. The molecule has 3 heterocycles. The highest BCUT2D eigenvalue weighted by molar-refractivity contribution is 7.99. The number of rotatable bonds is 7. The van der Waals surface area contributed by atoms with E-state index < -0.39 is 9.84 Å². The van der Waals surface area contributed by atoms with Gasteiger partial charge in [0, 0.05) is 31.8 Å². The number of ether oxygens (including phenoxy) is 1. The van der Waals surface area contributed by atoms with Crippen molar-refractivity contribution < 1.29 is 17.6 Å². The highest BCUT2D eigenvalue weighted by Gasteiger charge is 2.29. The van der Waals surface area contributed by atoms with Crippen molar-refractivity contribution in [3.63, 3.8) is 0 Å². The van der Waals surface area contributed by atoms with Gasteiger partial charge in [-0.2, -0.15) is 0 Å². The zero-order valence-electron chi connectivity index (χ0n) is 15.7. The third kappa shape index (κ3) is 5.56. The first-order valence-electron chi connectivity index (χ1n) is 9.59. The Morgan fingerprint density at radius 3 is 2.86 bits per heavy atom. The summed E-state index contributed by atoms with van der Waals surface area (Å²) < 4.78 is 34.7. The quantitative estimate of drug-likeness (QED) is 0.626. The molecule has 0 unspecified atom stereocenters. The fourth-order valence-corrected chi connectivity index (χ4v) is 6.34. The van der Waals surface area contributed by atoms with Crippen LogP contribution in [0.25, 0.3) is 0 Å². The molecule has 7 nitrogen and oxygen atoms in total. The number of hydrogen-bond donors (Lipinski definition) is 0. The average Bonchev–Trinajstić information content (AvgIpc) is 3.27. The number of hydrogen-bond acceptors (Lipinski definition) is 8. The van der Waals surface area contributed by atoms with Crippen molar-refractivity contribution in [2.75, 3.05) is 37.0 Å². The molecule has 1 aromatic carbocycles. The minimum atomic E-state index is -2.88. The van der Waals surface area contributed by atoms with Gasteiger partial charge in [0.1, 0.15) is 0 Å². The van der Waals surface area contributed by atoms with Gasteiger partial charge in [0.05, 0.1) is 24.2 Å². The highest BCUT2D eigenvalue weighted by Crippen LogP contribution is 2.25. The summed E-state index contributed by atoms with van der Waals surface area (Å²) >= 11 is 1.50. The zero-order valence-corrected chi connectivity index (χ0v) is 17.3. The Hall–Kier alpha value is -1.42. The molecule has 28 heavy (non-hydrogen) atoms. The van der Waals surface area contributed by atoms with Gasteiger partial charge in [-0.05, 0) is 17.9 Å². The first kappa shape index (κ1) is 19.9. The van der Waals surface area contributed by atoms with Crippen molar-refractivity contribution in [2.24, 2.45) is 5.92 Å². The first-order valence-corrected chi connectivity index (χ1v) is 12.4. The Morgan fingerprint density at radius 1 is 1.21 bits per heavy atom. The monoisotopic (exact) mass is 423 g/mol. The van der Waals surface area contributed by atoms with Crippen LogP contribution < -0.4 is 0 Å². The molecular formula is C19H25N3O4S2. The zero-order chi connectivity index (χ0) is 19.4. The fraction of sp³-hybridized carbons (Fsp3) is 0.579. The molecule has 9 heteroatoms. The Balaban J connectivity index is 1.24. The van der Waals surface area contributed by atoms with Gasteiger partial charge in [-0.15, -0.1) is 10.2 Å². The van der Waals surface area contributed by atoms with Crippen molar-refractivity contribution in [2.45, 2.75) is 30.7 Å². The van der Waals surface area contributed by atoms with E-state index in [1.807, 2.05) is 6.07 Å². The smallest absolute Gasteiger partial charge is 0.276 e. The van der Waals surface area contributed by atoms with E-state index in [9.17, 15) is 8.42 Å². The van der Waals surface area contributed by atoms with Crippen LogP contribution >= 0.6 is 11.8 Å². The van der Waals surface area contributed by atoms with Crippen LogP contribution in [-0.4, -0.2) is 66.6 Å². The third-order valence-corrected chi connectivity index (χ3v) is 7.89. The maximum atomic E-state index is 11.6. The van der Waals surface area contributed by atoms with E-state index in [1.165, 1.54) is 17.3 Å². The van der Waals surface area contributed by atoms with Gasteiger partial charge in [-0.25, -0.2) is 8.42 Å². The second kappa shape index (κ2) is 8.94. The molecular weight excluding hydrogens is 398 g/mol. The lowest BCUT2D eigenvalue weighted by atomic mass is 10.1. The van der Waals surface area contributed by atoms with Gasteiger partial charge in [-0.3, -0.25) is 4.90 Å². The van der Waals surface area contributed by atoms with Crippen molar-refractivity contribution in [1.29, 1.82) is 0 Å². The van der Waals surface area contributed by atoms with E-state index >= 15 is 0 Å². The summed E-state index contributed by atoms with van der Waals surface area (Å²) in [7, 11) is -2.88. The molecule has 4 rings (SSSR count). The highest BCUT2D eigenvalue weighted by atomic mass is 32.2. The van der Waals surface area contributed by atoms with Crippen molar-refractivity contribution in [1.82, 2.24) is 15.1 Å². The number of sulfone groups is 1. The van der Waals surface area contributed by atoms with Gasteiger partial charge < -0.3 is 9.15 Å². The number of morpholine rings is 1. The summed E-state index contributed by atoms with van der Waals surface area (Å²) in [4.78, 5) is 2.41. The molecule has 2 fully saturated rings. The van der Waals surface area contributed by atoms with Crippen LogP contribution in [-0.2, 0) is 27.5 Å². The van der Waals surface area contributed by atoms with Crippen molar-refractivity contribution >= 4 is 21.6 Å². The van der Waals surface area contributed by atoms with E-state index in [2.05, 4.69) is 39.4 Å². The van der Waals surface area contributed by atoms with Gasteiger partial charge in [0.15, 0.2) is 9.84 Å². The molecule has 1 aromatic heterocycles. The summed E-state index contributed by atoms with van der Waals surface area (Å²) in [5.41, 5.74) is 1.31. The lowest BCUT2D eigenvalue weighted by Crippen LogP contribution is -2.43. The first-order chi connectivity index (χ1) is 13.6. The summed E-state index contributed by atoms with van der Waals surface area (Å²) in [5, 5.41) is 8.70. The van der Waals surface area contributed by atoms with Crippen molar-refractivity contribution in [3.05, 3.63) is 41.8 Å². The SMILES string of the molecule is O=S1(=O)CC[C@H](Cc2nnc(SC[C@H]3CN(Cc4ccccc4)CCO3)o2)C1. The largest absolute Gasteiger partial charge is 0.416 e. The molecule has 0 saturated carbocycles. The van der Waals surface area contributed by atoms with Crippen LogP contribution in [0.3, 0.4) is 0 Å². The van der Waals surface area contributed by atoms with Gasteiger partial charge in [-0.1, -0.05) is 42.1 Å². The average molecular weight is 424 g/mol. The summed E-state index contributed by atoms with van der Waals surface area (Å²) in [5.74, 6) is 1.87. The van der Waals surface area contributed by atoms with Gasteiger partial charge in [0.2, 0.25) is 5.89 Å². The maximum Gasteiger partial charge on any atom is 0.276 e. The van der Waals surface area contributed by atoms with Gasteiger partial charge >= 0.3 is 0 Å². The second-order valence-electron chi connectivity index (χ2n) is 7.46. The molecule has 0 spiro atoms. The Kier molecular flexibility index (Phi) is 6.35. The van der Waals surface area contributed by atoms with Crippen LogP contribution in [0.2, 0.25) is 0 Å². The summed E-state index contributed by atoms with van der Waals surface area (Å²) in [6.45, 7) is 3.47. The number of nitrogens with zero attached hydrogens (tertiary/aromatic N) is 3. The molecule has 0 N–H and O–H groups in total. The summed E-state index contributed by atoms with van der Waals surface area (Å²) in [6.07, 6.45) is 1.34. The van der Waals surface area contributed by atoms with Crippen LogP contribution in [0, 0.1) is 5.92 Å². The predicted molar refractivity (Wildman–Crippen MR) is 107 cm³/mol. The van der Waals surface area contributed by atoms with Crippen LogP contribution in [0.4, 0.5) is 0 Å². The molecule has 2 aliphatic rings. The molecule has 2 aliphatic heterocycles. The van der Waals surface area contributed by atoms with E-state index in [0.717, 1.165) is 32.0 Å². The Morgan fingerprint density at radius 2 is 2.07 bits per heavy atom. The van der Waals surface area contributed by atoms with E-state index in [1.54, 1.807) is 0 Å². The molecule has 152 valence electrons. The standard InChI is InChI=1S/C19H25N3O4S2/c23-28(24)9-6-16(14-28)10-18-20-21-19(26-18)27-13-17-12-22(7-8-25-17)11-15-4-2-1-3-5-15/h1-5,16-17H,6-14H2/t16-,17-/m1/s1. The topological polar surface area (TPSA) is 85.5 Å². The number of benzene rings is 1. The van der Waals surface area contributed by atoms with E-state index in [4.69, 9.17) is 9.15 Å². The number of aromatic nitrogens is 2. The molecule has 2 aromatic rings. The van der Waals surface area contributed by atoms with Crippen LogP contribution in [0.5, 0.6) is 0 Å². The summed E-state index contributed by atoms with van der Waals surface area (Å²) in [6, 6.07) is 10.5. The van der Waals surface area contributed by atoms with Crippen molar-refractivity contribution in [3.8, 4) is 0 Å². The Bertz CT molecular complexity index is 872. The molecule has 0 aliphatic carbocycles. The van der Waals surface area contributed by atoms with E-state index in [0.29, 0.717) is 24.0 Å².